The van der Waals surface area contributed by atoms with Crippen molar-refractivity contribution >= 4 is 11.8 Å². The normalized spacial score (nSPS) is 21.3. The Morgan fingerprint density at radius 3 is 2.70 bits per heavy atom. The van der Waals surface area contributed by atoms with Crippen molar-refractivity contribution in [3.8, 4) is 5.75 Å². The second kappa shape index (κ2) is 8.87. The summed E-state index contributed by atoms with van der Waals surface area (Å²) in [5.41, 5.74) is 6.39. The van der Waals surface area contributed by atoms with Gasteiger partial charge in [-0.25, -0.2) is 0 Å². The van der Waals surface area contributed by atoms with Crippen molar-refractivity contribution in [1.82, 2.24) is 15.4 Å². The standard InChI is InChI=1S/C22H28N4O4/c1-14-12-17(24-21(27)19-13-20(30-25-19)15-2-3-15)8-10-26(14)22(28)16-4-6-18(7-5-16)29-11-9-23/h4-7,13-15,17H,2-3,8-12,23H2,1H3,(H,24,27)/t14-,17-/m1/s1. The Bertz CT molecular complexity index is 891. The number of nitrogens with zero attached hydrogens (tertiary/aromatic N) is 2. The van der Waals surface area contributed by atoms with Crippen LogP contribution in [0.5, 0.6) is 5.75 Å². The first-order valence-corrected chi connectivity index (χ1v) is 10.6. The van der Waals surface area contributed by atoms with Gasteiger partial charge in [0, 0.05) is 42.7 Å². The number of nitrogens with two attached hydrogens (primary N) is 1. The zero-order valence-corrected chi connectivity index (χ0v) is 17.2. The fourth-order valence-corrected chi connectivity index (χ4v) is 3.86. The average molecular weight is 412 g/mol. The van der Waals surface area contributed by atoms with Gasteiger partial charge in [0.15, 0.2) is 5.69 Å². The minimum absolute atomic E-state index is 0.00432. The summed E-state index contributed by atoms with van der Waals surface area (Å²) in [7, 11) is 0. The van der Waals surface area contributed by atoms with E-state index >= 15 is 0 Å². The third-order valence-corrected chi connectivity index (χ3v) is 5.70. The fraction of sp³-hybridized carbons (Fsp3) is 0.500. The van der Waals surface area contributed by atoms with Crippen LogP contribution in [0.15, 0.2) is 34.9 Å². The first-order chi connectivity index (χ1) is 14.5. The van der Waals surface area contributed by atoms with E-state index in [0.29, 0.717) is 55.5 Å². The van der Waals surface area contributed by atoms with Crippen LogP contribution in [-0.2, 0) is 0 Å². The quantitative estimate of drug-likeness (QED) is 0.722. The van der Waals surface area contributed by atoms with Crippen LogP contribution in [0, 0.1) is 0 Å². The van der Waals surface area contributed by atoms with Crippen molar-refractivity contribution < 1.29 is 18.8 Å². The predicted octanol–water partition coefficient (Wildman–Crippen LogP) is 2.31. The number of aromatic nitrogens is 1. The highest BCUT2D eigenvalue weighted by Gasteiger charge is 2.32. The van der Waals surface area contributed by atoms with E-state index in [0.717, 1.165) is 18.6 Å². The van der Waals surface area contributed by atoms with Crippen LogP contribution in [0.2, 0.25) is 0 Å². The smallest absolute Gasteiger partial charge is 0.273 e. The monoisotopic (exact) mass is 412 g/mol. The molecule has 1 saturated carbocycles. The lowest BCUT2D eigenvalue weighted by Gasteiger charge is -2.38. The van der Waals surface area contributed by atoms with E-state index < -0.39 is 0 Å². The number of nitrogens with one attached hydrogen (secondary N) is 1. The highest BCUT2D eigenvalue weighted by Crippen LogP contribution is 2.40. The molecule has 0 spiro atoms. The Morgan fingerprint density at radius 1 is 1.27 bits per heavy atom. The molecule has 160 valence electrons. The maximum atomic E-state index is 12.9. The average Bonchev–Trinajstić information content (AvgIpc) is 3.48. The van der Waals surface area contributed by atoms with Gasteiger partial charge in [-0.2, -0.15) is 0 Å². The number of hydrogen-bond donors (Lipinski definition) is 2. The molecule has 2 heterocycles. The number of ether oxygens (including phenoxy) is 1. The van der Waals surface area contributed by atoms with E-state index in [-0.39, 0.29) is 23.9 Å². The summed E-state index contributed by atoms with van der Waals surface area (Å²) in [6.45, 7) is 3.49. The molecule has 2 aliphatic rings. The second-order valence-electron chi connectivity index (χ2n) is 8.09. The Balaban J connectivity index is 1.30. The molecule has 2 amide bonds. The lowest BCUT2D eigenvalue weighted by molar-refractivity contribution is 0.0595. The molecule has 1 aromatic heterocycles. The first-order valence-electron chi connectivity index (χ1n) is 10.6. The Labute approximate surface area is 175 Å². The van der Waals surface area contributed by atoms with Gasteiger partial charge in [-0.3, -0.25) is 9.59 Å². The number of benzene rings is 1. The number of rotatable bonds is 7. The molecule has 1 aliphatic heterocycles. The van der Waals surface area contributed by atoms with Crippen molar-refractivity contribution in [2.75, 3.05) is 19.7 Å². The highest BCUT2D eigenvalue weighted by atomic mass is 16.5. The van der Waals surface area contributed by atoms with Crippen molar-refractivity contribution in [3.63, 3.8) is 0 Å². The molecule has 8 nitrogen and oxygen atoms in total. The zero-order valence-electron chi connectivity index (χ0n) is 17.2. The van der Waals surface area contributed by atoms with Crippen molar-refractivity contribution in [2.45, 2.75) is 50.6 Å². The van der Waals surface area contributed by atoms with Crippen molar-refractivity contribution in [2.24, 2.45) is 5.73 Å². The molecular formula is C22H28N4O4. The van der Waals surface area contributed by atoms with Gasteiger partial charge in [-0.1, -0.05) is 5.16 Å². The molecule has 2 atom stereocenters. The van der Waals surface area contributed by atoms with Crippen LogP contribution in [0.1, 0.15) is 65.1 Å². The van der Waals surface area contributed by atoms with Crippen molar-refractivity contribution in [3.05, 3.63) is 47.3 Å². The molecule has 1 saturated heterocycles. The van der Waals surface area contributed by atoms with E-state index in [1.165, 1.54) is 0 Å². The minimum atomic E-state index is -0.212. The molecule has 0 unspecified atom stereocenters. The summed E-state index contributed by atoms with van der Waals surface area (Å²) in [6.07, 6.45) is 3.60. The summed E-state index contributed by atoms with van der Waals surface area (Å²) in [5, 5.41) is 6.94. The van der Waals surface area contributed by atoms with Gasteiger partial charge in [-0.15, -0.1) is 0 Å². The number of amides is 2. The Morgan fingerprint density at radius 2 is 2.03 bits per heavy atom. The van der Waals surface area contributed by atoms with Crippen molar-refractivity contribution in [1.29, 1.82) is 0 Å². The third-order valence-electron chi connectivity index (χ3n) is 5.70. The Hall–Kier alpha value is -2.87. The van der Waals surface area contributed by atoms with E-state index in [4.69, 9.17) is 15.0 Å². The molecule has 1 aromatic carbocycles. The van der Waals surface area contributed by atoms with Gasteiger partial charge in [0.05, 0.1) is 0 Å². The molecule has 1 aliphatic carbocycles. The summed E-state index contributed by atoms with van der Waals surface area (Å²) in [5.74, 6) is 1.70. The summed E-state index contributed by atoms with van der Waals surface area (Å²) in [4.78, 5) is 27.3. The fourth-order valence-electron chi connectivity index (χ4n) is 3.86. The van der Waals surface area contributed by atoms with Gasteiger partial charge < -0.3 is 25.2 Å². The van der Waals surface area contributed by atoms with Crippen LogP contribution >= 0.6 is 0 Å². The number of hydrogen-bond acceptors (Lipinski definition) is 6. The number of likely N-dealkylation sites (tertiary alicyclic amines) is 1. The van der Waals surface area contributed by atoms with Gasteiger partial charge in [0.1, 0.15) is 18.1 Å². The van der Waals surface area contributed by atoms with Crippen LogP contribution in [0.3, 0.4) is 0 Å². The van der Waals surface area contributed by atoms with Crippen LogP contribution < -0.4 is 15.8 Å². The topological polar surface area (TPSA) is 111 Å². The predicted molar refractivity (Wildman–Crippen MR) is 110 cm³/mol. The lowest BCUT2D eigenvalue weighted by Crippen LogP contribution is -2.51. The van der Waals surface area contributed by atoms with Crippen LogP contribution in [-0.4, -0.2) is 53.7 Å². The lowest BCUT2D eigenvalue weighted by atomic mass is 9.97. The van der Waals surface area contributed by atoms with Gasteiger partial charge >= 0.3 is 0 Å². The molecule has 2 aromatic rings. The molecule has 0 radical (unpaired) electrons. The molecule has 3 N–H and O–H groups in total. The van der Waals surface area contributed by atoms with Gasteiger partial charge in [0.25, 0.3) is 11.8 Å². The van der Waals surface area contributed by atoms with E-state index in [1.54, 1.807) is 30.3 Å². The minimum Gasteiger partial charge on any atom is -0.492 e. The van der Waals surface area contributed by atoms with Gasteiger partial charge in [-0.05, 0) is 56.9 Å². The van der Waals surface area contributed by atoms with E-state index in [1.807, 2.05) is 11.8 Å². The van der Waals surface area contributed by atoms with E-state index in [2.05, 4.69) is 10.5 Å². The van der Waals surface area contributed by atoms with Gasteiger partial charge in [0.2, 0.25) is 0 Å². The summed E-state index contributed by atoms with van der Waals surface area (Å²) >= 11 is 0. The number of piperidine rings is 1. The maximum absolute atomic E-state index is 12.9. The summed E-state index contributed by atoms with van der Waals surface area (Å²) < 4.78 is 10.7. The third kappa shape index (κ3) is 4.64. The largest absolute Gasteiger partial charge is 0.492 e. The maximum Gasteiger partial charge on any atom is 0.273 e. The second-order valence-corrected chi connectivity index (χ2v) is 8.09. The molecule has 8 heteroatoms. The number of carbonyl (C=O) groups excluding carboxylic acids is 2. The molecule has 4 rings (SSSR count). The Kier molecular flexibility index (Phi) is 6.03. The highest BCUT2D eigenvalue weighted by molar-refractivity contribution is 5.95. The summed E-state index contributed by atoms with van der Waals surface area (Å²) in [6, 6.07) is 8.89. The molecular weight excluding hydrogens is 384 g/mol. The number of carbonyl (C=O) groups is 2. The van der Waals surface area contributed by atoms with E-state index in [9.17, 15) is 9.59 Å². The first kappa shape index (κ1) is 20.4. The molecule has 2 fully saturated rings. The SMILES string of the molecule is C[C@@H]1C[C@H](NC(=O)c2cc(C3CC3)on2)CCN1C(=O)c1ccc(OCCN)cc1. The van der Waals surface area contributed by atoms with Crippen LogP contribution in [0.4, 0.5) is 0 Å². The molecule has 30 heavy (non-hydrogen) atoms. The van der Waals surface area contributed by atoms with Crippen LogP contribution in [0.25, 0.3) is 0 Å². The zero-order chi connectivity index (χ0) is 21.1. The molecule has 0 bridgehead atoms.